The number of ether oxygens (including phenoxy) is 2. The molecule has 4 heteroatoms. The molecule has 0 saturated carbocycles. The van der Waals surface area contributed by atoms with Gasteiger partial charge in [-0.2, -0.15) is 0 Å². The normalized spacial score (nSPS) is 34.4. The van der Waals surface area contributed by atoms with E-state index >= 15 is 0 Å². The Bertz CT molecular complexity index is 236. The zero-order valence-corrected chi connectivity index (χ0v) is 9.44. The van der Waals surface area contributed by atoms with Gasteiger partial charge in [0, 0.05) is 26.6 Å². The highest BCUT2D eigenvalue weighted by Gasteiger charge is 2.37. The Kier molecular flexibility index (Phi) is 3.26. The third-order valence-electron chi connectivity index (χ3n) is 3.40. The summed E-state index contributed by atoms with van der Waals surface area (Å²) in [6, 6.07) is -0.00203. The molecule has 86 valence electrons. The number of rotatable bonds is 2. The summed E-state index contributed by atoms with van der Waals surface area (Å²) in [5.41, 5.74) is 0. The highest BCUT2D eigenvalue weighted by atomic mass is 16.6. The maximum absolute atomic E-state index is 11.5. The van der Waals surface area contributed by atoms with Crippen molar-refractivity contribution < 1.29 is 14.3 Å². The molecule has 2 atom stereocenters. The summed E-state index contributed by atoms with van der Waals surface area (Å²) in [5, 5.41) is 0. The summed E-state index contributed by atoms with van der Waals surface area (Å²) in [6.07, 6.45) is 3.35. The predicted molar refractivity (Wildman–Crippen MR) is 55.6 cm³/mol. The topological polar surface area (TPSA) is 38.8 Å². The summed E-state index contributed by atoms with van der Waals surface area (Å²) >= 11 is 0. The van der Waals surface area contributed by atoms with Crippen LogP contribution in [0.2, 0.25) is 0 Å². The number of cyclic esters (lactones) is 1. The molecular weight excluding hydrogens is 194 g/mol. The fraction of sp³-hybridized carbons (Fsp3) is 0.909. The number of methoxy groups -OCH3 is 1. The first-order valence-electron chi connectivity index (χ1n) is 5.68. The second kappa shape index (κ2) is 4.49. The molecule has 0 aromatic rings. The zero-order valence-electron chi connectivity index (χ0n) is 9.44. The first kappa shape index (κ1) is 10.9. The molecule has 2 fully saturated rings. The van der Waals surface area contributed by atoms with Crippen LogP contribution in [0.4, 0.5) is 0 Å². The van der Waals surface area contributed by atoms with Gasteiger partial charge in [0.2, 0.25) is 0 Å². The quantitative estimate of drug-likeness (QED) is 0.636. The maximum Gasteiger partial charge on any atom is 0.323 e. The average Bonchev–Trinajstić information content (AvgIpc) is 2.58. The largest absolute Gasteiger partial charge is 0.461 e. The molecule has 2 aliphatic heterocycles. The molecule has 0 bridgehead atoms. The van der Waals surface area contributed by atoms with E-state index in [4.69, 9.17) is 9.47 Å². The molecule has 4 nitrogen and oxygen atoms in total. The molecule has 2 unspecified atom stereocenters. The second-order valence-electron chi connectivity index (χ2n) is 4.47. The second-order valence-corrected chi connectivity index (χ2v) is 4.47. The number of hydrogen-bond donors (Lipinski definition) is 0. The monoisotopic (exact) mass is 213 g/mol. The van der Waals surface area contributed by atoms with Gasteiger partial charge in [-0.25, -0.2) is 0 Å². The van der Waals surface area contributed by atoms with Gasteiger partial charge in [0.1, 0.15) is 12.1 Å². The molecule has 0 aromatic carbocycles. The van der Waals surface area contributed by atoms with Crippen LogP contribution in [0, 0.1) is 0 Å². The fourth-order valence-corrected chi connectivity index (χ4v) is 2.46. The lowest BCUT2D eigenvalue weighted by molar-refractivity contribution is -0.145. The molecule has 0 aliphatic carbocycles. The van der Waals surface area contributed by atoms with Gasteiger partial charge in [-0.3, -0.25) is 9.69 Å². The lowest BCUT2D eigenvalue weighted by Gasteiger charge is -2.33. The summed E-state index contributed by atoms with van der Waals surface area (Å²) in [6.45, 7) is 3.86. The number of carbonyl (C=O) groups excluding carboxylic acids is 1. The van der Waals surface area contributed by atoms with Gasteiger partial charge in [-0.1, -0.05) is 0 Å². The molecule has 2 saturated heterocycles. The predicted octanol–water partition coefficient (Wildman–Crippen LogP) is 0.801. The molecule has 2 heterocycles. The van der Waals surface area contributed by atoms with Gasteiger partial charge in [-0.05, 0) is 19.8 Å². The Labute approximate surface area is 90.5 Å². The Morgan fingerprint density at radius 2 is 2.07 bits per heavy atom. The lowest BCUT2D eigenvalue weighted by atomic mass is 10.0. The van der Waals surface area contributed by atoms with E-state index in [9.17, 15) is 4.79 Å². The van der Waals surface area contributed by atoms with Crippen LogP contribution in [0.1, 0.15) is 26.2 Å². The van der Waals surface area contributed by atoms with E-state index in [0.29, 0.717) is 6.10 Å². The molecule has 15 heavy (non-hydrogen) atoms. The lowest BCUT2D eigenvalue weighted by Crippen LogP contribution is -2.45. The van der Waals surface area contributed by atoms with E-state index in [2.05, 4.69) is 4.90 Å². The number of esters is 1. The minimum Gasteiger partial charge on any atom is -0.461 e. The molecule has 0 amide bonds. The minimum atomic E-state index is -0.0432. The van der Waals surface area contributed by atoms with Crippen LogP contribution < -0.4 is 0 Å². The van der Waals surface area contributed by atoms with Gasteiger partial charge in [-0.15, -0.1) is 0 Å². The highest BCUT2D eigenvalue weighted by Crippen LogP contribution is 2.23. The molecule has 2 rings (SSSR count). The fourth-order valence-electron chi connectivity index (χ4n) is 2.46. The van der Waals surface area contributed by atoms with Crippen LogP contribution in [-0.4, -0.2) is 49.3 Å². The van der Waals surface area contributed by atoms with Gasteiger partial charge in [0.25, 0.3) is 0 Å². The molecule has 0 aromatic heterocycles. The van der Waals surface area contributed by atoms with Gasteiger partial charge in [0.15, 0.2) is 0 Å². The summed E-state index contributed by atoms with van der Waals surface area (Å²) in [4.78, 5) is 13.8. The van der Waals surface area contributed by atoms with E-state index in [-0.39, 0.29) is 18.1 Å². The van der Waals surface area contributed by atoms with Gasteiger partial charge >= 0.3 is 5.97 Å². The zero-order chi connectivity index (χ0) is 10.8. The first-order valence-corrected chi connectivity index (χ1v) is 5.68. The van der Waals surface area contributed by atoms with Crippen molar-refractivity contribution in [3.05, 3.63) is 0 Å². The van der Waals surface area contributed by atoms with Crippen LogP contribution in [0.3, 0.4) is 0 Å². The van der Waals surface area contributed by atoms with Crippen molar-refractivity contribution in [3.8, 4) is 0 Å². The van der Waals surface area contributed by atoms with Crippen molar-refractivity contribution in [2.75, 3.05) is 20.2 Å². The minimum absolute atomic E-state index is 0.00203. The Hall–Kier alpha value is -0.610. The van der Waals surface area contributed by atoms with E-state index in [1.165, 1.54) is 0 Å². The van der Waals surface area contributed by atoms with Crippen molar-refractivity contribution in [2.45, 2.75) is 44.4 Å². The van der Waals surface area contributed by atoms with Crippen molar-refractivity contribution in [2.24, 2.45) is 0 Å². The van der Waals surface area contributed by atoms with E-state index in [0.717, 1.165) is 32.4 Å². The number of carbonyl (C=O) groups is 1. The van der Waals surface area contributed by atoms with E-state index in [1.54, 1.807) is 7.11 Å². The van der Waals surface area contributed by atoms with Crippen LogP contribution in [0.5, 0.6) is 0 Å². The smallest absolute Gasteiger partial charge is 0.323 e. The maximum atomic E-state index is 11.5. The number of hydrogen-bond acceptors (Lipinski definition) is 4. The van der Waals surface area contributed by atoms with Gasteiger partial charge < -0.3 is 9.47 Å². The summed E-state index contributed by atoms with van der Waals surface area (Å²) in [5.74, 6) is -0.0432. The highest BCUT2D eigenvalue weighted by molar-refractivity contribution is 5.78. The third kappa shape index (κ3) is 2.32. The van der Waals surface area contributed by atoms with Crippen molar-refractivity contribution >= 4 is 5.97 Å². The SMILES string of the molecule is COC1CCN(C2CC(C)OC2=O)CC1. The number of nitrogens with zero attached hydrogens (tertiary/aromatic N) is 1. The van der Waals surface area contributed by atoms with Crippen LogP contribution in [0.25, 0.3) is 0 Å². The summed E-state index contributed by atoms with van der Waals surface area (Å²) in [7, 11) is 1.76. The van der Waals surface area contributed by atoms with E-state index < -0.39 is 0 Å². The number of piperidine rings is 1. The number of likely N-dealkylation sites (tertiary alicyclic amines) is 1. The first-order chi connectivity index (χ1) is 7.20. The van der Waals surface area contributed by atoms with Crippen LogP contribution in [-0.2, 0) is 14.3 Å². The van der Waals surface area contributed by atoms with Gasteiger partial charge in [0.05, 0.1) is 6.10 Å². The van der Waals surface area contributed by atoms with Crippen LogP contribution >= 0.6 is 0 Å². The van der Waals surface area contributed by atoms with Crippen LogP contribution in [0.15, 0.2) is 0 Å². The summed E-state index contributed by atoms with van der Waals surface area (Å²) < 4.78 is 10.5. The Balaban J connectivity index is 1.88. The Morgan fingerprint density at radius 1 is 1.40 bits per heavy atom. The molecular formula is C11H19NO3. The average molecular weight is 213 g/mol. The Morgan fingerprint density at radius 3 is 2.53 bits per heavy atom. The van der Waals surface area contributed by atoms with E-state index in [1.807, 2.05) is 6.92 Å². The van der Waals surface area contributed by atoms with Crippen molar-refractivity contribution in [3.63, 3.8) is 0 Å². The standard InChI is InChI=1S/C11H19NO3/c1-8-7-10(11(13)15-8)12-5-3-9(14-2)4-6-12/h8-10H,3-7H2,1-2H3. The molecule has 0 radical (unpaired) electrons. The van der Waals surface area contributed by atoms with Crippen molar-refractivity contribution in [1.82, 2.24) is 4.90 Å². The molecule has 0 N–H and O–H groups in total. The third-order valence-corrected chi connectivity index (χ3v) is 3.40. The molecule has 0 spiro atoms. The molecule has 2 aliphatic rings. The van der Waals surface area contributed by atoms with Crippen molar-refractivity contribution in [1.29, 1.82) is 0 Å².